The molecule has 0 atom stereocenters. The average Bonchev–Trinajstić information content (AvgIpc) is 3.13. The highest BCUT2D eigenvalue weighted by Crippen LogP contribution is 2.34. The fourth-order valence-corrected chi connectivity index (χ4v) is 5.03. The van der Waals surface area contributed by atoms with Crippen LogP contribution in [0, 0.1) is 5.92 Å². The zero-order valence-corrected chi connectivity index (χ0v) is 12.8. The summed E-state index contributed by atoms with van der Waals surface area (Å²) in [5, 5.41) is 0. The van der Waals surface area contributed by atoms with Gasteiger partial charge in [0.05, 0.1) is 5.75 Å². The molecule has 4 nitrogen and oxygen atoms in total. The van der Waals surface area contributed by atoms with Gasteiger partial charge in [-0.3, -0.25) is 0 Å². The minimum Gasteiger partial charge on any atom is -0.329 e. The lowest BCUT2D eigenvalue weighted by Crippen LogP contribution is -2.56. The van der Waals surface area contributed by atoms with E-state index in [1.54, 1.807) is 4.31 Å². The van der Waals surface area contributed by atoms with Crippen LogP contribution in [-0.2, 0) is 10.0 Å². The molecule has 0 saturated heterocycles. The molecule has 1 aliphatic carbocycles. The quantitative estimate of drug-likeness (QED) is 0.700. The molecule has 5 heteroatoms. The van der Waals surface area contributed by atoms with Gasteiger partial charge in [-0.2, -0.15) is 4.31 Å². The van der Waals surface area contributed by atoms with Crippen molar-refractivity contribution in [1.29, 1.82) is 0 Å². The Balaban J connectivity index is 2.97. The highest BCUT2D eigenvalue weighted by molar-refractivity contribution is 7.89. The monoisotopic (exact) mass is 276 g/mol. The van der Waals surface area contributed by atoms with Gasteiger partial charge in [0.15, 0.2) is 0 Å². The van der Waals surface area contributed by atoms with E-state index >= 15 is 0 Å². The Morgan fingerprint density at radius 3 is 2.11 bits per heavy atom. The van der Waals surface area contributed by atoms with Gasteiger partial charge >= 0.3 is 0 Å². The van der Waals surface area contributed by atoms with E-state index in [1.165, 1.54) is 0 Å². The summed E-state index contributed by atoms with van der Waals surface area (Å²) in [6, 6.07) is 0. The predicted octanol–water partition coefficient (Wildman–Crippen LogP) is 1.96. The number of hydrogen-bond donors (Lipinski definition) is 1. The molecule has 18 heavy (non-hydrogen) atoms. The summed E-state index contributed by atoms with van der Waals surface area (Å²) in [6.45, 7) is 7.08. The van der Waals surface area contributed by atoms with Gasteiger partial charge in [-0.15, -0.1) is 0 Å². The first-order valence-electron chi connectivity index (χ1n) is 7.16. The second-order valence-electron chi connectivity index (χ2n) is 5.43. The van der Waals surface area contributed by atoms with Crippen LogP contribution in [0.2, 0.25) is 0 Å². The van der Waals surface area contributed by atoms with E-state index in [-0.39, 0.29) is 5.54 Å². The molecule has 0 aromatic rings. The van der Waals surface area contributed by atoms with Crippen molar-refractivity contribution in [3.8, 4) is 0 Å². The number of rotatable bonds is 9. The zero-order valence-electron chi connectivity index (χ0n) is 12.0. The molecule has 1 saturated carbocycles. The standard InChI is InChI=1S/C13H28N2O2S/c1-4-9-15(13(5-2,6-3)11-14)18(16,17)10-12-7-8-12/h12H,4-11,14H2,1-3H3. The van der Waals surface area contributed by atoms with Gasteiger partial charge < -0.3 is 5.73 Å². The fourth-order valence-electron chi connectivity index (χ4n) is 2.54. The third-order valence-corrected chi connectivity index (χ3v) is 6.27. The second kappa shape index (κ2) is 6.35. The number of hydrogen-bond acceptors (Lipinski definition) is 3. The van der Waals surface area contributed by atoms with Crippen LogP contribution >= 0.6 is 0 Å². The van der Waals surface area contributed by atoms with Crippen molar-refractivity contribution in [2.24, 2.45) is 11.7 Å². The summed E-state index contributed by atoms with van der Waals surface area (Å²) < 4.78 is 26.8. The molecule has 0 radical (unpaired) electrons. The van der Waals surface area contributed by atoms with E-state index in [4.69, 9.17) is 5.73 Å². The summed E-state index contributed by atoms with van der Waals surface area (Å²) in [5.74, 6) is 0.702. The van der Waals surface area contributed by atoms with E-state index in [0.717, 1.165) is 32.1 Å². The molecular formula is C13H28N2O2S. The van der Waals surface area contributed by atoms with Crippen LogP contribution in [0.25, 0.3) is 0 Å². The maximum atomic E-state index is 12.6. The first kappa shape index (κ1) is 15.9. The first-order valence-corrected chi connectivity index (χ1v) is 8.77. The van der Waals surface area contributed by atoms with Crippen molar-refractivity contribution >= 4 is 10.0 Å². The van der Waals surface area contributed by atoms with Crippen LogP contribution in [0.5, 0.6) is 0 Å². The van der Waals surface area contributed by atoms with E-state index in [2.05, 4.69) is 0 Å². The van der Waals surface area contributed by atoms with Crippen LogP contribution in [0.1, 0.15) is 52.9 Å². The fraction of sp³-hybridized carbons (Fsp3) is 1.00. The smallest absolute Gasteiger partial charge is 0.214 e. The van der Waals surface area contributed by atoms with Gasteiger partial charge in [0.1, 0.15) is 0 Å². The molecule has 2 N–H and O–H groups in total. The molecule has 0 aromatic carbocycles. The summed E-state index contributed by atoms with van der Waals surface area (Å²) in [5.41, 5.74) is 5.51. The molecule has 1 aliphatic rings. The molecule has 1 rings (SSSR count). The molecule has 0 heterocycles. The normalized spacial score (nSPS) is 17.4. The van der Waals surface area contributed by atoms with Gasteiger partial charge in [-0.25, -0.2) is 8.42 Å². The lowest BCUT2D eigenvalue weighted by Gasteiger charge is -2.41. The van der Waals surface area contributed by atoms with Crippen LogP contribution < -0.4 is 5.73 Å². The Labute approximate surface area is 112 Å². The van der Waals surface area contributed by atoms with Crippen LogP contribution in [0.4, 0.5) is 0 Å². The van der Waals surface area contributed by atoms with Crippen molar-refractivity contribution in [3.63, 3.8) is 0 Å². The highest BCUT2D eigenvalue weighted by Gasteiger charge is 2.41. The van der Waals surface area contributed by atoms with E-state index in [9.17, 15) is 8.42 Å². The Hall–Kier alpha value is -0.130. The molecule has 0 spiro atoms. The number of sulfonamides is 1. The van der Waals surface area contributed by atoms with Crippen molar-refractivity contribution < 1.29 is 8.42 Å². The van der Waals surface area contributed by atoms with E-state index in [0.29, 0.717) is 24.8 Å². The van der Waals surface area contributed by atoms with Crippen molar-refractivity contribution in [2.75, 3.05) is 18.8 Å². The second-order valence-corrected chi connectivity index (χ2v) is 7.37. The van der Waals surface area contributed by atoms with E-state index < -0.39 is 10.0 Å². The van der Waals surface area contributed by atoms with Gasteiger partial charge in [0.25, 0.3) is 0 Å². The first-order chi connectivity index (χ1) is 8.45. The number of nitrogens with two attached hydrogens (primary N) is 1. The van der Waals surface area contributed by atoms with Crippen molar-refractivity contribution in [2.45, 2.75) is 58.4 Å². The van der Waals surface area contributed by atoms with Crippen molar-refractivity contribution in [3.05, 3.63) is 0 Å². The Kier molecular flexibility index (Phi) is 5.62. The Morgan fingerprint density at radius 2 is 1.78 bits per heavy atom. The summed E-state index contributed by atoms with van der Waals surface area (Å²) >= 11 is 0. The largest absolute Gasteiger partial charge is 0.329 e. The van der Waals surface area contributed by atoms with E-state index in [1.807, 2.05) is 20.8 Å². The molecule has 1 fully saturated rings. The van der Waals surface area contributed by atoms with Crippen LogP contribution in [-0.4, -0.2) is 37.1 Å². The third-order valence-electron chi connectivity index (χ3n) is 4.13. The molecule has 0 unspecified atom stereocenters. The lowest BCUT2D eigenvalue weighted by molar-refractivity contribution is 0.177. The van der Waals surface area contributed by atoms with Crippen LogP contribution in [0.15, 0.2) is 0 Å². The van der Waals surface area contributed by atoms with Crippen LogP contribution in [0.3, 0.4) is 0 Å². The SMILES string of the molecule is CCCN(C(CC)(CC)CN)S(=O)(=O)CC1CC1. The molecule has 0 amide bonds. The number of nitrogens with zero attached hydrogens (tertiary/aromatic N) is 1. The summed E-state index contributed by atoms with van der Waals surface area (Å²) in [6.07, 6.45) is 4.53. The Morgan fingerprint density at radius 1 is 1.22 bits per heavy atom. The van der Waals surface area contributed by atoms with Gasteiger partial charge in [-0.05, 0) is 38.0 Å². The van der Waals surface area contributed by atoms with Gasteiger partial charge in [-0.1, -0.05) is 20.8 Å². The molecule has 0 bridgehead atoms. The third kappa shape index (κ3) is 3.45. The zero-order chi connectivity index (χ0) is 13.8. The Bertz CT molecular complexity index is 338. The summed E-state index contributed by atoms with van der Waals surface area (Å²) in [4.78, 5) is 0. The minimum absolute atomic E-state index is 0.314. The molecule has 0 aromatic heterocycles. The maximum Gasteiger partial charge on any atom is 0.214 e. The molecule has 0 aliphatic heterocycles. The lowest BCUT2D eigenvalue weighted by atomic mass is 9.93. The van der Waals surface area contributed by atoms with Crippen molar-refractivity contribution in [1.82, 2.24) is 4.31 Å². The summed E-state index contributed by atoms with van der Waals surface area (Å²) in [7, 11) is -3.16. The average molecular weight is 276 g/mol. The van der Waals surface area contributed by atoms with Gasteiger partial charge in [0.2, 0.25) is 10.0 Å². The predicted molar refractivity (Wildman–Crippen MR) is 75.9 cm³/mol. The molecule has 108 valence electrons. The topological polar surface area (TPSA) is 63.4 Å². The minimum atomic E-state index is -3.16. The maximum absolute atomic E-state index is 12.6. The highest BCUT2D eigenvalue weighted by atomic mass is 32.2. The van der Waals surface area contributed by atoms with Gasteiger partial charge in [0, 0.05) is 18.6 Å². The molecular weight excluding hydrogens is 248 g/mol.